The van der Waals surface area contributed by atoms with Crippen molar-refractivity contribution in [3.05, 3.63) is 60.8 Å². The second-order valence-corrected chi connectivity index (χ2v) is 16.0. The lowest BCUT2D eigenvalue weighted by atomic mass is 10.0. The van der Waals surface area contributed by atoms with Gasteiger partial charge in [-0.3, -0.25) is 18.6 Å². The Hall–Kier alpha value is -2.37. The van der Waals surface area contributed by atoms with Crippen LogP contribution in [0.4, 0.5) is 0 Å². The molecule has 0 spiro atoms. The molecule has 0 saturated carbocycles. The van der Waals surface area contributed by atoms with Gasteiger partial charge in [-0.25, -0.2) is 4.57 Å². The lowest BCUT2D eigenvalue weighted by Gasteiger charge is -2.20. The molecule has 0 amide bonds. The van der Waals surface area contributed by atoms with E-state index in [4.69, 9.17) is 24.3 Å². The number of aliphatic hydroxyl groups excluding tert-OH is 2. The molecule has 0 heterocycles. The number of nitrogens with two attached hydrogens (primary N) is 1. The number of carbonyl (C=O) groups is 2. The van der Waals surface area contributed by atoms with Crippen molar-refractivity contribution in [3.63, 3.8) is 0 Å². The maximum absolute atomic E-state index is 12.6. The normalized spacial score (nSPS) is 15.0. The molecule has 12 heteroatoms. The van der Waals surface area contributed by atoms with E-state index in [2.05, 4.69) is 62.5 Å². The van der Waals surface area contributed by atoms with Crippen molar-refractivity contribution in [3.8, 4) is 0 Å². The molecule has 0 saturated heterocycles. The Kier molecular flexibility index (Phi) is 38.7. The van der Waals surface area contributed by atoms with Crippen molar-refractivity contribution in [2.24, 2.45) is 5.73 Å². The first-order valence-corrected chi connectivity index (χ1v) is 23.4. The molecule has 0 aromatic heterocycles. The quantitative estimate of drug-likeness (QED) is 0.0200. The number of aliphatic hydroxyl groups is 2. The van der Waals surface area contributed by atoms with Crippen molar-refractivity contribution in [1.82, 2.24) is 0 Å². The van der Waals surface area contributed by atoms with Crippen LogP contribution in [0.1, 0.15) is 168 Å². The lowest BCUT2D eigenvalue weighted by molar-refractivity contribution is -0.161. The SMILES string of the molecule is CCCCC/C=C\C/C=C\C/C=C\CC(O)C(O)CCCC(=O)O[C@H](COC(=O)CCCCCCCCC/C=C\C/C=C\CCCCC)COP(=O)(O)OCCN. The summed E-state index contributed by atoms with van der Waals surface area (Å²) in [5, 5.41) is 20.7. The van der Waals surface area contributed by atoms with Gasteiger partial charge in [0.15, 0.2) is 6.10 Å². The van der Waals surface area contributed by atoms with Gasteiger partial charge in [-0.15, -0.1) is 0 Å². The Morgan fingerprint density at radius 2 is 1.09 bits per heavy atom. The molecule has 0 aliphatic rings. The summed E-state index contributed by atoms with van der Waals surface area (Å²) in [6, 6.07) is 0. The number of rotatable bonds is 40. The van der Waals surface area contributed by atoms with Crippen LogP contribution < -0.4 is 5.73 Å². The van der Waals surface area contributed by atoms with Crippen molar-refractivity contribution in [1.29, 1.82) is 0 Å². The van der Waals surface area contributed by atoms with Crippen LogP contribution in [0, 0.1) is 0 Å². The maximum atomic E-state index is 12.6. The van der Waals surface area contributed by atoms with E-state index in [-0.39, 0.29) is 51.9 Å². The highest BCUT2D eigenvalue weighted by Gasteiger charge is 2.26. The summed E-state index contributed by atoms with van der Waals surface area (Å²) in [5.74, 6) is -1.13. The Morgan fingerprint density at radius 3 is 1.65 bits per heavy atom. The van der Waals surface area contributed by atoms with E-state index < -0.39 is 44.7 Å². The van der Waals surface area contributed by atoms with Crippen LogP contribution >= 0.6 is 7.82 Å². The van der Waals surface area contributed by atoms with Gasteiger partial charge in [0.2, 0.25) is 0 Å². The van der Waals surface area contributed by atoms with Crippen LogP contribution in [0.2, 0.25) is 0 Å². The zero-order chi connectivity index (χ0) is 42.1. The first kappa shape index (κ1) is 54.6. The molecule has 5 N–H and O–H groups in total. The molecule has 0 rings (SSSR count). The van der Waals surface area contributed by atoms with E-state index in [0.29, 0.717) is 6.42 Å². The van der Waals surface area contributed by atoms with Crippen LogP contribution in [-0.4, -0.2) is 71.7 Å². The highest BCUT2D eigenvalue weighted by molar-refractivity contribution is 7.47. The predicted octanol–water partition coefficient (Wildman–Crippen LogP) is 10.4. The second-order valence-electron chi connectivity index (χ2n) is 14.5. The molecule has 11 nitrogen and oxygen atoms in total. The third-order valence-corrected chi connectivity index (χ3v) is 10.1. The van der Waals surface area contributed by atoms with Gasteiger partial charge in [-0.1, -0.05) is 132 Å². The minimum absolute atomic E-state index is 0.00461. The van der Waals surface area contributed by atoms with E-state index >= 15 is 0 Å². The van der Waals surface area contributed by atoms with Gasteiger partial charge in [0.1, 0.15) is 6.61 Å². The highest BCUT2D eigenvalue weighted by Crippen LogP contribution is 2.43. The Labute approximate surface area is 345 Å². The molecule has 0 aromatic rings. The van der Waals surface area contributed by atoms with Gasteiger partial charge in [0, 0.05) is 19.4 Å². The first-order chi connectivity index (χ1) is 27.6. The summed E-state index contributed by atoms with van der Waals surface area (Å²) in [6.45, 7) is 3.32. The fraction of sp³-hybridized carbons (Fsp3) is 0.733. The topological polar surface area (TPSA) is 175 Å². The highest BCUT2D eigenvalue weighted by atomic mass is 31.2. The van der Waals surface area contributed by atoms with E-state index in [1.807, 2.05) is 12.2 Å². The molecule has 330 valence electrons. The van der Waals surface area contributed by atoms with Crippen molar-refractivity contribution < 1.29 is 47.8 Å². The van der Waals surface area contributed by atoms with E-state index in [9.17, 15) is 29.3 Å². The number of unbranched alkanes of at least 4 members (excludes halogenated alkanes) is 13. The number of hydrogen-bond acceptors (Lipinski definition) is 10. The van der Waals surface area contributed by atoms with E-state index in [1.165, 1.54) is 64.2 Å². The summed E-state index contributed by atoms with van der Waals surface area (Å²) in [7, 11) is -4.46. The Morgan fingerprint density at radius 1 is 0.596 bits per heavy atom. The molecule has 0 aliphatic heterocycles. The molecule has 0 aliphatic carbocycles. The third kappa shape index (κ3) is 38.9. The maximum Gasteiger partial charge on any atom is 0.472 e. The molecule has 3 unspecified atom stereocenters. The van der Waals surface area contributed by atoms with Crippen LogP contribution in [0.5, 0.6) is 0 Å². The average molecular weight is 826 g/mol. The monoisotopic (exact) mass is 826 g/mol. The number of hydrogen-bond donors (Lipinski definition) is 4. The smallest absolute Gasteiger partial charge is 0.462 e. The van der Waals surface area contributed by atoms with Gasteiger partial charge in [0.05, 0.1) is 25.4 Å². The average Bonchev–Trinajstić information content (AvgIpc) is 3.19. The predicted molar refractivity (Wildman–Crippen MR) is 231 cm³/mol. The fourth-order valence-electron chi connectivity index (χ4n) is 5.65. The Balaban J connectivity index is 4.42. The largest absolute Gasteiger partial charge is 0.472 e. The minimum Gasteiger partial charge on any atom is -0.462 e. The summed E-state index contributed by atoms with van der Waals surface area (Å²) >= 11 is 0. The lowest BCUT2D eigenvalue weighted by Crippen LogP contribution is -2.30. The van der Waals surface area contributed by atoms with Crippen molar-refractivity contribution in [2.75, 3.05) is 26.4 Å². The number of esters is 2. The zero-order valence-electron chi connectivity index (χ0n) is 35.5. The van der Waals surface area contributed by atoms with E-state index in [0.717, 1.165) is 51.4 Å². The number of phosphoric acid groups is 1. The minimum atomic E-state index is -4.46. The second kappa shape index (κ2) is 40.4. The third-order valence-electron chi connectivity index (χ3n) is 9.08. The molecule has 0 fully saturated rings. The van der Waals surface area contributed by atoms with Crippen molar-refractivity contribution in [2.45, 2.75) is 186 Å². The van der Waals surface area contributed by atoms with Gasteiger partial charge < -0.3 is 30.3 Å². The van der Waals surface area contributed by atoms with Crippen molar-refractivity contribution >= 4 is 19.8 Å². The number of carbonyl (C=O) groups excluding carboxylic acids is 2. The number of allylic oxidation sites excluding steroid dienone is 9. The van der Waals surface area contributed by atoms with Crippen LogP contribution in [-0.2, 0) is 32.7 Å². The van der Waals surface area contributed by atoms with Gasteiger partial charge in [0.25, 0.3) is 0 Å². The fourth-order valence-corrected chi connectivity index (χ4v) is 6.41. The van der Waals surface area contributed by atoms with Crippen LogP contribution in [0.25, 0.3) is 0 Å². The molecule has 0 radical (unpaired) electrons. The molecule has 57 heavy (non-hydrogen) atoms. The Bertz CT molecular complexity index is 1150. The molecular formula is C45H80NO10P. The zero-order valence-corrected chi connectivity index (χ0v) is 36.4. The van der Waals surface area contributed by atoms with Crippen LogP contribution in [0.3, 0.4) is 0 Å². The summed E-state index contributed by atoms with van der Waals surface area (Å²) in [5.41, 5.74) is 5.33. The van der Waals surface area contributed by atoms with E-state index in [1.54, 1.807) is 0 Å². The number of ether oxygens (including phenoxy) is 2. The molecule has 0 bridgehead atoms. The van der Waals surface area contributed by atoms with Gasteiger partial charge >= 0.3 is 19.8 Å². The van der Waals surface area contributed by atoms with Gasteiger partial charge in [-0.05, 0) is 83.5 Å². The van der Waals surface area contributed by atoms with Crippen LogP contribution in [0.15, 0.2) is 60.8 Å². The summed E-state index contributed by atoms with van der Waals surface area (Å²) in [6.07, 6.45) is 39.9. The number of phosphoric ester groups is 1. The molecule has 4 atom stereocenters. The summed E-state index contributed by atoms with van der Waals surface area (Å²) < 4.78 is 32.6. The standard InChI is InChI=1S/C45H80NO10P/c1-3-5-7-9-11-13-15-17-18-19-20-21-23-25-27-29-31-35-44(49)53-39-41(40-55-57(51,52)54-38-37-46)56-45(50)36-32-34-43(48)42(47)33-30-28-26-24-22-16-14-12-10-8-6-4-2/h11-14,17-18,22,24,28,30,41-43,47-48H,3-10,15-16,19-21,23,25-27,29,31-40,46H2,1-2H3,(H,51,52)/b13-11-,14-12-,18-17-,24-22-,30-28-/t41-,42?,43?/m1/s1. The summed E-state index contributed by atoms with van der Waals surface area (Å²) in [4.78, 5) is 34.9. The molecular weight excluding hydrogens is 745 g/mol. The first-order valence-electron chi connectivity index (χ1n) is 21.9. The van der Waals surface area contributed by atoms with Gasteiger partial charge in [-0.2, -0.15) is 0 Å². The molecule has 0 aromatic carbocycles.